The summed E-state index contributed by atoms with van der Waals surface area (Å²) in [4.78, 5) is 35.7. The zero-order valence-corrected chi connectivity index (χ0v) is 11.6. The first-order valence-corrected chi connectivity index (χ1v) is 6.57. The summed E-state index contributed by atoms with van der Waals surface area (Å²) in [7, 11) is 0. The molecule has 2 atom stereocenters. The largest absolute Gasteiger partial charge is 0.481 e. The molecular formula is C14H17N3O4. The molecule has 1 aromatic rings. The highest BCUT2D eigenvalue weighted by molar-refractivity contribution is 5.96. The number of nitrogens with zero attached hydrogens (tertiary/aromatic N) is 1. The van der Waals surface area contributed by atoms with Gasteiger partial charge in [-0.15, -0.1) is 0 Å². The van der Waals surface area contributed by atoms with E-state index in [1.807, 2.05) is 0 Å². The number of amides is 3. The number of carboxylic acids is 1. The maximum Gasteiger partial charge on any atom is 0.321 e. The minimum absolute atomic E-state index is 0.0924. The smallest absolute Gasteiger partial charge is 0.321 e. The van der Waals surface area contributed by atoms with E-state index in [-0.39, 0.29) is 18.5 Å². The third-order valence-corrected chi connectivity index (χ3v) is 3.62. The lowest BCUT2D eigenvalue weighted by Gasteiger charge is -2.17. The maximum atomic E-state index is 12.1. The predicted octanol–water partition coefficient (Wildman–Crippen LogP) is 0.970. The number of nitrogens with one attached hydrogen (secondary N) is 1. The second-order valence-corrected chi connectivity index (χ2v) is 5.20. The predicted molar refractivity (Wildman–Crippen MR) is 75.8 cm³/mol. The van der Waals surface area contributed by atoms with Crippen LogP contribution in [0.2, 0.25) is 0 Å². The van der Waals surface area contributed by atoms with E-state index in [1.54, 1.807) is 25.1 Å². The number of anilines is 1. The van der Waals surface area contributed by atoms with E-state index >= 15 is 0 Å². The van der Waals surface area contributed by atoms with E-state index < -0.39 is 17.8 Å². The average molecular weight is 291 g/mol. The summed E-state index contributed by atoms with van der Waals surface area (Å²) in [6, 6.07) is 5.90. The number of carbonyl (C=O) groups is 3. The normalized spacial score (nSPS) is 21.1. The number of nitrogens with two attached hydrogens (primary N) is 1. The van der Waals surface area contributed by atoms with Gasteiger partial charge in [0.2, 0.25) is 5.91 Å². The van der Waals surface area contributed by atoms with E-state index in [2.05, 4.69) is 5.32 Å². The Hall–Kier alpha value is -2.57. The molecule has 2 rings (SSSR count). The molecule has 0 saturated carbocycles. The number of aliphatic carboxylic acids is 1. The number of carbonyl (C=O) groups excluding carboxylic acids is 2. The summed E-state index contributed by atoms with van der Waals surface area (Å²) >= 11 is 0. The van der Waals surface area contributed by atoms with Gasteiger partial charge in [0.25, 0.3) is 0 Å². The molecule has 0 spiro atoms. The van der Waals surface area contributed by atoms with Gasteiger partial charge in [-0.2, -0.15) is 0 Å². The Labute approximate surface area is 121 Å². The molecule has 1 aliphatic heterocycles. The molecule has 0 bridgehead atoms. The van der Waals surface area contributed by atoms with Gasteiger partial charge in [-0.3, -0.25) is 9.59 Å². The second kappa shape index (κ2) is 5.82. The Morgan fingerprint density at radius 1 is 1.33 bits per heavy atom. The summed E-state index contributed by atoms with van der Waals surface area (Å²) in [5.74, 6) is -2.11. The van der Waals surface area contributed by atoms with E-state index in [1.165, 1.54) is 11.0 Å². The lowest BCUT2D eigenvalue weighted by atomic mass is 9.99. The molecular weight excluding hydrogens is 274 g/mol. The van der Waals surface area contributed by atoms with Crippen molar-refractivity contribution in [3.05, 3.63) is 29.8 Å². The summed E-state index contributed by atoms with van der Waals surface area (Å²) < 4.78 is 0. The molecule has 1 fully saturated rings. The molecule has 7 nitrogen and oxygen atoms in total. The molecule has 1 aliphatic rings. The minimum atomic E-state index is -0.895. The summed E-state index contributed by atoms with van der Waals surface area (Å²) in [6.07, 6.45) is 0. The molecule has 112 valence electrons. The second-order valence-electron chi connectivity index (χ2n) is 5.20. The highest BCUT2D eigenvalue weighted by atomic mass is 16.4. The molecule has 0 radical (unpaired) electrons. The molecule has 21 heavy (non-hydrogen) atoms. The van der Waals surface area contributed by atoms with Crippen LogP contribution in [0.15, 0.2) is 24.3 Å². The lowest BCUT2D eigenvalue weighted by Crippen LogP contribution is -2.33. The zero-order valence-electron chi connectivity index (χ0n) is 11.6. The van der Waals surface area contributed by atoms with Gasteiger partial charge in [0.05, 0.1) is 5.92 Å². The van der Waals surface area contributed by atoms with Crippen LogP contribution in [-0.2, 0) is 4.79 Å². The number of rotatable bonds is 3. The van der Waals surface area contributed by atoms with Gasteiger partial charge in [0, 0.05) is 24.3 Å². The molecule has 1 aromatic carbocycles. The van der Waals surface area contributed by atoms with E-state index in [0.717, 1.165) is 0 Å². The highest BCUT2D eigenvalue weighted by Crippen LogP contribution is 2.24. The SMILES string of the molecule is CC1CN(C(=O)Nc2cccc(C(N)=O)c2)CC1C(=O)O. The maximum absolute atomic E-state index is 12.1. The third kappa shape index (κ3) is 3.31. The highest BCUT2D eigenvalue weighted by Gasteiger charge is 2.36. The first kappa shape index (κ1) is 14.8. The summed E-state index contributed by atoms with van der Waals surface area (Å²) in [5, 5.41) is 11.7. The van der Waals surface area contributed by atoms with E-state index in [9.17, 15) is 14.4 Å². The Morgan fingerprint density at radius 3 is 2.62 bits per heavy atom. The van der Waals surface area contributed by atoms with Gasteiger partial charge < -0.3 is 21.1 Å². The van der Waals surface area contributed by atoms with Gasteiger partial charge in [-0.25, -0.2) is 4.79 Å². The van der Waals surface area contributed by atoms with Crippen LogP contribution in [0.3, 0.4) is 0 Å². The van der Waals surface area contributed by atoms with E-state index in [4.69, 9.17) is 10.8 Å². The molecule has 1 heterocycles. The molecule has 0 aliphatic carbocycles. The fourth-order valence-electron chi connectivity index (χ4n) is 2.41. The first-order chi connectivity index (χ1) is 9.88. The number of hydrogen-bond acceptors (Lipinski definition) is 3. The van der Waals surface area contributed by atoms with E-state index in [0.29, 0.717) is 17.8 Å². The van der Waals surface area contributed by atoms with Crippen LogP contribution < -0.4 is 11.1 Å². The molecule has 0 aromatic heterocycles. The number of urea groups is 1. The topological polar surface area (TPSA) is 113 Å². The number of benzene rings is 1. The van der Waals surface area contributed by atoms with Crippen molar-refractivity contribution < 1.29 is 19.5 Å². The van der Waals surface area contributed by atoms with Crippen molar-refractivity contribution in [3.8, 4) is 0 Å². The fourth-order valence-corrected chi connectivity index (χ4v) is 2.41. The number of likely N-dealkylation sites (tertiary alicyclic amines) is 1. The quantitative estimate of drug-likeness (QED) is 0.770. The Morgan fingerprint density at radius 2 is 2.05 bits per heavy atom. The molecule has 3 amide bonds. The van der Waals surface area contributed by atoms with Crippen LogP contribution in [0.1, 0.15) is 17.3 Å². The average Bonchev–Trinajstić information content (AvgIpc) is 2.81. The molecule has 2 unspecified atom stereocenters. The van der Waals surface area contributed by atoms with Crippen molar-refractivity contribution >= 4 is 23.6 Å². The standard InChI is InChI=1S/C14H17N3O4/c1-8-6-17(7-11(8)13(19)20)14(21)16-10-4-2-3-9(5-10)12(15)18/h2-5,8,11H,6-7H2,1H3,(H2,15,18)(H,16,21)(H,19,20). The molecule has 1 saturated heterocycles. The van der Waals surface area contributed by atoms with Crippen molar-refractivity contribution in [2.45, 2.75) is 6.92 Å². The Bertz CT molecular complexity index is 587. The van der Waals surface area contributed by atoms with Gasteiger partial charge in [0.1, 0.15) is 0 Å². The lowest BCUT2D eigenvalue weighted by molar-refractivity contribution is -0.142. The molecule has 4 N–H and O–H groups in total. The van der Waals surface area contributed by atoms with Crippen LogP contribution in [0, 0.1) is 11.8 Å². The number of primary amides is 1. The first-order valence-electron chi connectivity index (χ1n) is 6.57. The van der Waals surface area contributed by atoms with Crippen LogP contribution in [0.25, 0.3) is 0 Å². The van der Waals surface area contributed by atoms with Crippen LogP contribution in [-0.4, -0.2) is 41.0 Å². The summed E-state index contributed by atoms with van der Waals surface area (Å²) in [6.45, 7) is 2.37. The van der Waals surface area contributed by atoms with Crippen molar-refractivity contribution in [2.75, 3.05) is 18.4 Å². The summed E-state index contributed by atoms with van der Waals surface area (Å²) in [5.41, 5.74) is 5.92. The van der Waals surface area contributed by atoms with Crippen LogP contribution in [0.5, 0.6) is 0 Å². The van der Waals surface area contributed by atoms with Crippen molar-refractivity contribution in [1.82, 2.24) is 4.90 Å². The Balaban J connectivity index is 2.04. The fraction of sp³-hybridized carbons (Fsp3) is 0.357. The van der Waals surface area contributed by atoms with Gasteiger partial charge in [0.15, 0.2) is 0 Å². The number of hydrogen-bond donors (Lipinski definition) is 3. The molecule has 7 heteroatoms. The van der Waals surface area contributed by atoms with Crippen molar-refractivity contribution in [2.24, 2.45) is 17.6 Å². The Kier molecular flexibility index (Phi) is 4.11. The zero-order chi connectivity index (χ0) is 15.6. The van der Waals surface area contributed by atoms with Crippen LogP contribution >= 0.6 is 0 Å². The third-order valence-electron chi connectivity index (χ3n) is 3.62. The van der Waals surface area contributed by atoms with Gasteiger partial charge in [-0.1, -0.05) is 13.0 Å². The van der Waals surface area contributed by atoms with Crippen molar-refractivity contribution in [1.29, 1.82) is 0 Å². The van der Waals surface area contributed by atoms with Gasteiger partial charge >= 0.3 is 12.0 Å². The number of carboxylic acid groups (broad SMARTS) is 1. The minimum Gasteiger partial charge on any atom is -0.481 e. The van der Waals surface area contributed by atoms with Crippen LogP contribution in [0.4, 0.5) is 10.5 Å². The van der Waals surface area contributed by atoms with Crippen molar-refractivity contribution in [3.63, 3.8) is 0 Å². The monoisotopic (exact) mass is 291 g/mol. The van der Waals surface area contributed by atoms with Gasteiger partial charge in [-0.05, 0) is 24.1 Å².